The van der Waals surface area contributed by atoms with Crippen LogP contribution in [-0.2, 0) is 4.74 Å². The summed E-state index contributed by atoms with van der Waals surface area (Å²) in [6.07, 6.45) is 5.55. The molecule has 2 aliphatic rings. The Morgan fingerprint density at radius 3 is 2.89 bits per heavy atom. The first-order valence-electron chi connectivity index (χ1n) is 6.82. The number of hydrogen-bond donors (Lipinski definition) is 2. The van der Waals surface area contributed by atoms with Crippen LogP contribution in [0.1, 0.15) is 37.8 Å². The van der Waals surface area contributed by atoms with E-state index in [1.165, 1.54) is 18.0 Å². The Labute approximate surface area is 116 Å². The molecule has 5 nitrogen and oxygen atoms in total. The molecule has 1 saturated carbocycles. The lowest BCUT2D eigenvalue weighted by atomic mass is 9.72. The van der Waals surface area contributed by atoms with Crippen LogP contribution in [0.15, 0.2) is 6.07 Å². The Kier molecular flexibility index (Phi) is 3.45. The summed E-state index contributed by atoms with van der Waals surface area (Å²) in [5.41, 5.74) is 0.790. The summed E-state index contributed by atoms with van der Waals surface area (Å²) in [5.74, 6) is 0. The predicted molar refractivity (Wildman–Crippen MR) is 74.6 cm³/mol. The molecule has 6 heteroatoms. The van der Waals surface area contributed by atoms with Crippen molar-refractivity contribution >= 4 is 22.6 Å². The molecule has 1 saturated heterocycles. The minimum Gasteiger partial charge on any atom is -0.376 e. The van der Waals surface area contributed by atoms with Gasteiger partial charge in [0.25, 0.3) is 0 Å². The van der Waals surface area contributed by atoms with Crippen LogP contribution < -0.4 is 10.6 Å². The van der Waals surface area contributed by atoms with Gasteiger partial charge in [-0.15, -0.1) is 0 Å². The number of urea groups is 1. The third kappa shape index (κ3) is 2.60. The van der Waals surface area contributed by atoms with Crippen molar-refractivity contribution in [1.29, 1.82) is 0 Å². The molecule has 2 heterocycles. The van der Waals surface area contributed by atoms with Gasteiger partial charge >= 0.3 is 6.03 Å². The average molecular weight is 281 g/mol. The smallest absolute Gasteiger partial charge is 0.320 e. The van der Waals surface area contributed by atoms with Gasteiger partial charge in [0, 0.05) is 6.61 Å². The highest BCUT2D eigenvalue weighted by Crippen LogP contribution is 2.40. The van der Waals surface area contributed by atoms with Crippen LogP contribution in [0.5, 0.6) is 0 Å². The fourth-order valence-electron chi connectivity index (χ4n) is 2.89. The second-order valence-corrected chi connectivity index (χ2v) is 6.23. The number of aromatic nitrogens is 1. The second-order valence-electron chi connectivity index (χ2n) is 5.42. The molecule has 104 valence electrons. The van der Waals surface area contributed by atoms with Gasteiger partial charge in [-0.25, -0.2) is 4.79 Å². The van der Waals surface area contributed by atoms with Crippen LogP contribution in [0.3, 0.4) is 0 Å². The molecule has 2 amide bonds. The zero-order chi connectivity index (χ0) is 13.3. The van der Waals surface area contributed by atoms with E-state index in [-0.39, 0.29) is 17.7 Å². The lowest BCUT2D eigenvalue weighted by molar-refractivity contribution is -0.00567. The molecule has 1 aromatic rings. The standard InChI is InChI=1S/C13H19N3O2S/c1-9-8-11(19-16-9)14-12(17)15-13(5-3-6-13)10-4-2-7-18-10/h8,10H,2-7H2,1H3,(H2,14,15,17). The van der Waals surface area contributed by atoms with E-state index in [0.29, 0.717) is 0 Å². The summed E-state index contributed by atoms with van der Waals surface area (Å²) < 4.78 is 9.92. The molecule has 1 unspecified atom stereocenters. The Bertz CT molecular complexity index is 464. The molecule has 0 bridgehead atoms. The molecule has 0 spiro atoms. The Morgan fingerprint density at radius 2 is 2.37 bits per heavy atom. The highest BCUT2D eigenvalue weighted by atomic mass is 32.1. The fourth-order valence-corrected chi connectivity index (χ4v) is 3.55. The molecule has 2 fully saturated rings. The first-order valence-corrected chi connectivity index (χ1v) is 7.59. The Morgan fingerprint density at radius 1 is 1.53 bits per heavy atom. The van der Waals surface area contributed by atoms with E-state index in [1.807, 2.05) is 13.0 Å². The summed E-state index contributed by atoms with van der Waals surface area (Å²) in [6.45, 7) is 2.74. The topological polar surface area (TPSA) is 63.2 Å². The van der Waals surface area contributed by atoms with Crippen molar-refractivity contribution in [3.8, 4) is 0 Å². The summed E-state index contributed by atoms with van der Waals surface area (Å²) in [4.78, 5) is 12.1. The number of anilines is 1. The number of rotatable bonds is 3. The average Bonchev–Trinajstić information content (AvgIpc) is 2.95. The largest absolute Gasteiger partial charge is 0.376 e. The molecule has 2 N–H and O–H groups in total. The van der Waals surface area contributed by atoms with E-state index >= 15 is 0 Å². The molecule has 3 rings (SSSR count). The zero-order valence-corrected chi connectivity index (χ0v) is 11.9. The van der Waals surface area contributed by atoms with Crippen LogP contribution in [0.4, 0.5) is 9.80 Å². The third-order valence-corrected chi connectivity index (χ3v) is 4.81. The third-order valence-electron chi connectivity index (χ3n) is 4.02. The Balaban J connectivity index is 1.61. The lowest BCUT2D eigenvalue weighted by Gasteiger charge is -2.46. The van der Waals surface area contributed by atoms with Crippen LogP contribution in [0.25, 0.3) is 0 Å². The van der Waals surface area contributed by atoms with Crippen LogP contribution in [0, 0.1) is 6.92 Å². The summed E-state index contributed by atoms with van der Waals surface area (Å²) >= 11 is 1.31. The van der Waals surface area contributed by atoms with Crippen molar-refractivity contribution in [1.82, 2.24) is 9.69 Å². The Hall–Kier alpha value is -1.14. The van der Waals surface area contributed by atoms with Crippen LogP contribution in [0.2, 0.25) is 0 Å². The summed E-state index contributed by atoms with van der Waals surface area (Å²) in [5, 5.41) is 6.78. The number of amides is 2. The van der Waals surface area contributed by atoms with Crippen molar-refractivity contribution in [3.63, 3.8) is 0 Å². The zero-order valence-electron chi connectivity index (χ0n) is 11.1. The van der Waals surface area contributed by atoms with Gasteiger partial charge in [-0.05, 0) is 56.6 Å². The van der Waals surface area contributed by atoms with Crippen LogP contribution in [-0.4, -0.2) is 28.7 Å². The molecule has 0 aromatic carbocycles. The molecule has 0 radical (unpaired) electrons. The van der Waals surface area contributed by atoms with Crippen molar-refractivity contribution in [2.24, 2.45) is 0 Å². The molecule has 1 atom stereocenters. The number of ether oxygens (including phenoxy) is 1. The van der Waals surface area contributed by atoms with Crippen LogP contribution >= 0.6 is 11.5 Å². The van der Waals surface area contributed by atoms with E-state index in [0.717, 1.165) is 43.0 Å². The van der Waals surface area contributed by atoms with E-state index in [2.05, 4.69) is 15.0 Å². The highest BCUT2D eigenvalue weighted by molar-refractivity contribution is 7.10. The van der Waals surface area contributed by atoms with Crippen molar-refractivity contribution < 1.29 is 9.53 Å². The molecular weight excluding hydrogens is 262 g/mol. The van der Waals surface area contributed by atoms with E-state index in [1.54, 1.807) is 0 Å². The first-order chi connectivity index (χ1) is 9.18. The van der Waals surface area contributed by atoms with Crippen molar-refractivity contribution in [3.05, 3.63) is 11.8 Å². The lowest BCUT2D eigenvalue weighted by Crippen LogP contribution is -2.61. The minimum atomic E-state index is -0.140. The molecule has 1 aliphatic heterocycles. The van der Waals surface area contributed by atoms with Gasteiger partial charge in [-0.3, -0.25) is 5.32 Å². The van der Waals surface area contributed by atoms with Gasteiger partial charge in [-0.1, -0.05) is 0 Å². The summed E-state index contributed by atoms with van der Waals surface area (Å²) in [6, 6.07) is 1.74. The number of nitrogens with one attached hydrogen (secondary N) is 2. The molecule has 1 aliphatic carbocycles. The van der Waals surface area contributed by atoms with E-state index < -0.39 is 0 Å². The van der Waals surface area contributed by atoms with E-state index in [4.69, 9.17) is 4.74 Å². The van der Waals surface area contributed by atoms with Gasteiger partial charge in [0.05, 0.1) is 17.3 Å². The molecular formula is C13H19N3O2S. The monoisotopic (exact) mass is 281 g/mol. The maximum Gasteiger partial charge on any atom is 0.320 e. The van der Waals surface area contributed by atoms with Gasteiger partial charge < -0.3 is 10.1 Å². The van der Waals surface area contributed by atoms with Gasteiger partial charge in [0.2, 0.25) is 0 Å². The second kappa shape index (κ2) is 5.09. The van der Waals surface area contributed by atoms with Gasteiger partial charge in [0.15, 0.2) is 0 Å². The number of carbonyl (C=O) groups is 1. The van der Waals surface area contributed by atoms with Crippen molar-refractivity contribution in [2.45, 2.75) is 50.7 Å². The summed E-state index contributed by atoms with van der Waals surface area (Å²) in [7, 11) is 0. The number of aryl methyl sites for hydroxylation is 1. The normalized spacial score (nSPS) is 24.8. The number of hydrogen-bond acceptors (Lipinski definition) is 4. The van der Waals surface area contributed by atoms with Crippen molar-refractivity contribution in [2.75, 3.05) is 11.9 Å². The number of carbonyl (C=O) groups excluding carboxylic acids is 1. The fraction of sp³-hybridized carbons (Fsp3) is 0.692. The maximum atomic E-state index is 12.1. The first kappa shape index (κ1) is 12.9. The van der Waals surface area contributed by atoms with E-state index in [9.17, 15) is 4.79 Å². The highest BCUT2D eigenvalue weighted by Gasteiger charge is 2.47. The minimum absolute atomic E-state index is 0.139. The quantitative estimate of drug-likeness (QED) is 0.895. The van der Waals surface area contributed by atoms with Gasteiger partial charge in [0.1, 0.15) is 5.00 Å². The maximum absolute atomic E-state index is 12.1. The SMILES string of the molecule is Cc1cc(NC(=O)NC2(C3CCCO3)CCC2)sn1. The number of nitrogens with zero attached hydrogens (tertiary/aromatic N) is 1. The molecule has 1 aromatic heterocycles. The predicted octanol–water partition coefficient (Wildman–Crippen LogP) is 2.67. The molecule has 19 heavy (non-hydrogen) atoms. The van der Waals surface area contributed by atoms with Gasteiger partial charge in [-0.2, -0.15) is 4.37 Å².